The Balaban J connectivity index is 1.81. The molecule has 3 nitrogen and oxygen atoms in total. The number of phenolic OH excluding ortho intramolecular Hbond substituents is 2. The molecule has 0 saturated heterocycles. The fraction of sp³-hybridized carbons (Fsp3) is 0.263. The van der Waals surface area contributed by atoms with Crippen LogP contribution in [0.15, 0.2) is 48.5 Å². The third-order valence-electron chi connectivity index (χ3n) is 4.82. The van der Waals surface area contributed by atoms with Crippen LogP contribution in [0, 0.1) is 11.8 Å². The van der Waals surface area contributed by atoms with Crippen molar-refractivity contribution in [2.45, 2.75) is 18.7 Å². The molecular formula is C19H15F3O3. The van der Waals surface area contributed by atoms with Crippen LogP contribution in [0.25, 0.3) is 5.57 Å². The molecule has 1 aliphatic carbocycles. The molecule has 1 heterocycles. The predicted octanol–water partition coefficient (Wildman–Crippen LogP) is 4.81. The molecule has 0 bridgehead atoms. The van der Waals surface area contributed by atoms with E-state index in [0.29, 0.717) is 22.4 Å². The number of benzene rings is 2. The van der Waals surface area contributed by atoms with Gasteiger partial charge >= 0.3 is 6.18 Å². The fourth-order valence-electron chi connectivity index (χ4n) is 3.64. The molecule has 6 heteroatoms. The Bertz CT molecular complexity index is 840. The second-order valence-electron chi connectivity index (χ2n) is 6.42. The highest BCUT2D eigenvalue weighted by molar-refractivity contribution is 5.77. The van der Waals surface area contributed by atoms with Crippen molar-refractivity contribution in [3.05, 3.63) is 59.7 Å². The van der Waals surface area contributed by atoms with Gasteiger partial charge in [0, 0.05) is 11.5 Å². The summed E-state index contributed by atoms with van der Waals surface area (Å²) in [5, 5.41) is 19.2. The number of ether oxygens (including phenoxy) is 1. The zero-order valence-electron chi connectivity index (χ0n) is 13.0. The molecule has 2 aromatic rings. The average Bonchev–Trinajstić information content (AvgIpc) is 3.01. The largest absolute Gasteiger partial charge is 0.508 e. The van der Waals surface area contributed by atoms with Crippen LogP contribution in [0.1, 0.15) is 23.7 Å². The summed E-state index contributed by atoms with van der Waals surface area (Å²) < 4.78 is 45.8. The summed E-state index contributed by atoms with van der Waals surface area (Å²) in [5.41, 5.74) is 1.76. The third-order valence-corrected chi connectivity index (χ3v) is 4.82. The summed E-state index contributed by atoms with van der Waals surface area (Å²) in [7, 11) is 0. The Labute approximate surface area is 142 Å². The summed E-state index contributed by atoms with van der Waals surface area (Å²) in [6, 6.07) is 10.8. The summed E-state index contributed by atoms with van der Waals surface area (Å²) in [5.74, 6) is -1.49. The first-order valence-corrected chi connectivity index (χ1v) is 7.90. The van der Waals surface area contributed by atoms with Gasteiger partial charge in [0.1, 0.15) is 23.4 Å². The Morgan fingerprint density at radius 3 is 2.32 bits per heavy atom. The van der Waals surface area contributed by atoms with Crippen LogP contribution in [0.2, 0.25) is 0 Å². The molecule has 0 unspecified atom stereocenters. The monoisotopic (exact) mass is 348 g/mol. The highest BCUT2D eigenvalue weighted by atomic mass is 19.4. The number of hydrogen-bond acceptors (Lipinski definition) is 3. The lowest BCUT2D eigenvalue weighted by atomic mass is 9.83. The zero-order valence-corrected chi connectivity index (χ0v) is 13.0. The number of fused-ring (bicyclic) bond motifs is 3. The standard InChI is InChI=1S/C19H15F3O3/c20-19(21,22)11-7-14-15-9-13(24)5-6-17(15)25-18(16(14)8-11)10-1-3-12(23)4-2-10/h1-7,9,11,16,18,23-24H,8H2/t11-,16-,18-/m1/s1. The van der Waals surface area contributed by atoms with Crippen LogP contribution >= 0.6 is 0 Å². The lowest BCUT2D eigenvalue weighted by Crippen LogP contribution is -2.26. The molecule has 0 aromatic heterocycles. The first-order valence-electron chi connectivity index (χ1n) is 7.90. The van der Waals surface area contributed by atoms with Gasteiger partial charge in [-0.25, -0.2) is 0 Å². The quantitative estimate of drug-likeness (QED) is 0.777. The molecule has 4 rings (SSSR count). The average molecular weight is 348 g/mol. The Kier molecular flexibility index (Phi) is 3.45. The van der Waals surface area contributed by atoms with Crippen LogP contribution in [0.5, 0.6) is 17.2 Å². The van der Waals surface area contributed by atoms with E-state index in [4.69, 9.17) is 4.74 Å². The molecule has 0 radical (unpaired) electrons. The molecule has 0 fully saturated rings. The van der Waals surface area contributed by atoms with Gasteiger partial charge in [-0.1, -0.05) is 18.2 Å². The topological polar surface area (TPSA) is 49.7 Å². The van der Waals surface area contributed by atoms with Crippen molar-refractivity contribution in [1.29, 1.82) is 0 Å². The predicted molar refractivity (Wildman–Crippen MR) is 85.2 cm³/mol. The van der Waals surface area contributed by atoms with E-state index in [1.807, 2.05) is 0 Å². The maximum Gasteiger partial charge on any atom is 0.395 e. The van der Waals surface area contributed by atoms with Gasteiger partial charge in [0.25, 0.3) is 0 Å². The molecule has 0 amide bonds. The zero-order chi connectivity index (χ0) is 17.8. The number of hydrogen-bond donors (Lipinski definition) is 2. The van der Waals surface area contributed by atoms with E-state index >= 15 is 0 Å². The van der Waals surface area contributed by atoms with Gasteiger partial charge in [-0.2, -0.15) is 13.2 Å². The molecule has 3 atom stereocenters. The van der Waals surface area contributed by atoms with Gasteiger partial charge in [-0.05, 0) is 47.9 Å². The van der Waals surface area contributed by atoms with E-state index < -0.39 is 24.1 Å². The maximum atomic E-state index is 13.3. The molecule has 2 aromatic carbocycles. The van der Waals surface area contributed by atoms with Gasteiger partial charge in [0.05, 0.1) is 5.92 Å². The second kappa shape index (κ2) is 5.44. The summed E-state index contributed by atoms with van der Waals surface area (Å²) >= 11 is 0. The second-order valence-corrected chi connectivity index (χ2v) is 6.42. The van der Waals surface area contributed by atoms with E-state index in [9.17, 15) is 23.4 Å². The lowest BCUT2D eigenvalue weighted by molar-refractivity contribution is -0.163. The fourth-order valence-corrected chi connectivity index (χ4v) is 3.64. The molecular weight excluding hydrogens is 333 g/mol. The van der Waals surface area contributed by atoms with Crippen molar-refractivity contribution in [2.75, 3.05) is 0 Å². The first-order chi connectivity index (χ1) is 11.8. The number of phenols is 2. The molecule has 0 saturated carbocycles. The summed E-state index contributed by atoms with van der Waals surface area (Å²) in [6.45, 7) is 0. The van der Waals surface area contributed by atoms with Gasteiger partial charge in [0.2, 0.25) is 0 Å². The van der Waals surface area contributed by atoms with Gasteiger partial charge in [-0.15, -0.1) is 0 Å². The minimum atomic E-state index is -4.32. The number of alkyl halides is 3. The van der Waals surface area contributed by atoms with Crippen LogP contribution in [0.4, 0.5) is 13.2 Å². The number of aromatic hydroxyl groups is 2. The van der Waals surface area contributed by atoms with E-state index in [0.717, 1.165) is 0 Å². The number of allylic oxidation sites excluding steroid dienone is 1. The van der Waals surface area contributed by atoms with E-state index in [1.54, 1.807) is 18.2 Å². The minimum absolute atomic E-state index is 0.0134. The molecule has 2 N–H and O–H groups in total. The van der Waals surface area contributed by atoms with Gasteiger partial charge in [0.15, 0.2) is 0 Å². The first kappa shape index (κ1) is 15.9. The smallest absolute Gasteiger partial charge is 0.395 e. The summed E-state index contributed by atoms with van der Waals surface area (Å²) in [4.78, 5) is 0. The van der Waals surface area contributed by atoms with E-state index in [-0.39, 0.29) is 17.9 Å². The van der Waals surface area contributed by atoms with Crippen molar-refractivity contribution < 1.29 is 28.1 Å². The normalized spacial score (nSPS) is 24.9. The minimum Gasteiger partial charge on any atom is -0.508 e. The Morgan fingerprint density at radius 1 is 0.960 bits per heavy atom. The highest BCUT2D eigenvalue weighted by Crippen LogP contribution is 2.55. The Morgan fingerprint density at radius 2 is 1.64 bits per heavy atom. The van der Waals surface area contributed by atoms with Crippen LogP contribution in [-0.4, -0.2) is 16.4 Å². The maximum absolute atomic E-state index is 13.3. The molecule has 1 aliphatic heterocycles. The van der Waals surface area contributed by atoms with Crippen molar-refractivity contribution in [1.82, 2.24) is 0 Å². The van der Waals surface area contributed by atoms with Crippen LogP contribution < -0.4 is 4.74 Å². The highest BCUT2D eigenvalue weighted by Gasteiger charge is 2.48. The molecule has 0 spiro atoms. The van der Waals surface area contributed by atoms with Crippen molar-refractivity contribution in [3.8, 4) is 17.2 Å². The van der Waals surface area contributed by atoms with E-state index in [1.165, 1.54) is 30.3 Å². The van der Waals surface area contributed by atoms with Gasteiger partial charge < -0.3 is 14.9 Å². The van der Waals surface area contributed by atoms with Crippen LogP contribution in [-0.2, 0) is 0 Å². The van der Waals surface area contributed by atoms with Crippen molar-refractivity contribution >= 4 is 5.57 Å². The molecule has 25 heavy (non-hydrogen) atoms. The lowest BCUT2D eigenvalue weighted by Gasteiger charge is -2.34. The van der Waals surface area contributed by atoms with Gasteiger partial charge in [-0.3, -0.25) is 0 Å². The molecule has 130 valence electrons. The van der Waals surface area contributed by atoms with Crippen molar-refractivity contribution in [2.24, 2.45) is 11.8 Å². The third kappa shape index (κ3) is 2.71. The molecule has 2 aliphatic rings. The van der Waals surface area contributed by atoms with Crippen molar-refractivity contribution in [3.63, 3.8) is 0 Å². The number of halogens is 3. The number of rotatable bonds is 1. The summed E-state index contributed by atoms with van der Waals surface area (Å²) in [6.07, 6.45) is -3.74. The SMILES string of the molecule is Oc1ccc([C@H]2Oc3ccc(O)cc3C3=C[C@@H](C(F)(F)F)C[C@H]32)cc1. The van der Waals surface area contributed by atoms with E-state index in [2.05, 4.69) is 0 Å². The Hall–Kier alpha value is -2.63. The van der Waals surface area contributed by atoms with Crippen LogP contribution in [0.3, 0.4) is 0 Å².